The number of aromatic nitrogens is 11. The number of methoxy groups -OCH3 is 1. The van der Waals surface area contributed by atoms with Crippen LogP contribution in [0.4, 0.5) is 10.2 Å². The molecule has 2 amide bonds. The minimum atomic E-state index is -1.38. The van der Waals surface area contributed by atoms with Crippen LogP contribution in [0.5, 0.6) is 5.75 Å². The Bertz CT molecular complexity index is 3760. The number of halogens is 1. The molecule has 0 saturated carbocycles. The van der Waals surface area contributed by atoms with Gasteiger partial charge in [0, 0.05) is 102 Å². The Hall–Kier alpha value is -9.39. The largest absolute Gasteiger partial charge is 0.494 e. The van der Waals surface area contributed by atoms with Gasteiger partial charge in [-0.1, -0.05) is 74.5 Å². The van der Waals surface area contributed by atoms with Crippen LogP contribution in [0.1, 0.15) is 88.8 Å². The number of aromatic amines is 2. The molecule has 9 heterocycles. The van der Waals surface area contributed by atoms with Crippen LogP contribution in [0.3, 0.4) is 0 Å². The first-order valence-electron chi connectivity index (χ1n) is 26.8. The number of H-pyrrole nitrogens is 2. The minimum Gasteiger partial charge on any atom is -0.494 e. The summed E-state index contributed by atoms with van der Waals surface area (Å²) in [5, 5.41) is 30.0. The van der Waals surface area contributed by atoms with E-state index in [9.17, 15) is 33.8 Å². The van der Waals surface area contributed by atoms with E-state index >= 15 is 0 Å². The van der Waals surface area contributed by atoms with Crippen molar-refractivity contribution in [2.24, 2.45) is 37.5 Å². The summed E-state index contributed by atoms with van der Waals surface area (Å²) in [5.74, 6) is 4.34. The minimum absolute atomic E-state index is 0.0812. The number of likely N-dealkylation sites (tertiary alicyclic amines) is 2. The van der Waals surface area contributed by atoms with Crippen molar-refractivity contribution in [3.05, 3.63) is 175 Å². The first kappa shape index (κ1) is 57.3. The van der Waals surface area contributed by atoms with E-state index in [2.05, 4.69) is 40.0 Å². The van der Waals surface area contributed by atoms with Gasteiger partial charge in [0.2, 0.25) is 0 Å². The van der Waals surface area contributed by atoms with Crippen molar-refractivity contribution in [3.63, 3.8) is 0 Å². The van der Waals surface area contributed by atoms with E-state index in [-0.39, 0.29) is 52.8 Å². The summed E-state index contributed by atoms with van der Waals surface area (Å²) >= 11 is 0. The third-order valence-electron chi connectivity index (χ3n) is 15.2. The Balaban J connectivity index is 0.000000192. The van der Waals surface area contributed by atoms with Gasteiger partial charge < -0.3 is 49.6 Å². The van der Waals surface area contributed by atoms with Gasteiger partial charge in [0.1, 0.15) is 29.6 Å². The Kier molecular flexibility index (Phi) is 16.9. The molecular weight excluding hydrogens is 1050 g/mol. The highest BCUT2D eigenvalue weighted by atomic mass is 19.1. The van der Waals surface area contributed by atoms with Crippen LogP contribution in [-0.2, 0) is 34.9 Å². The zero-order chi connectivity index (χ0) is 58.5. The molecule has 0 bridgehead atoms. The molecule has 426 valence electrons. The lowest BCUT2D eigenvalue weighted by Gasteiger charge is -2.41. The maximum absolute atomic E-state index is 14.8. The summed E-state index contributed by atoms with van der Waals surface area (Å²) in [7, 11) is 5.16. The number of piperidine rings is 2. The number of ether oxygens (including phenoxy) is 1. The molecule has 2 fully saturated rings. The highest BCUT2D eigenvalue weighted by Gasteiger charge is 2.47. The van der Waals surface area contributed by atoms with Gasteiger partial charge in [-0.05, 0) is 43.7 Å². The molecule has 2 aromatic carbocycles. The van der Waals surface area contributed by atoms with Crippen molar-refractivity contribution in [3.8, 4) is 11.6 Å². The number of anilines is 1. The number of nitrogens with one attached hydrogen (secondary N) is 2. The number of pyridine rings is 2. The molecule has 24 heteroatoms. The van der Waals surface area contributed by atoms with E-state index in [1.165, 1.54) is 54.0 Å². The molecule has 2 saturated heterocycles. The smallest absolute Gasteiger partial charge is 0.295 e. The molecule has 0 aliphatic carbocycles. The number of carbonyl (C=O) groups excluding carboxylic acids is 4. The highest BCUT2D eigenvalue weighted by Crippen LogP contribution is 2.43. The fourth-order valence-corrected chi connectivity index (χ4v) is 11.2. The summed E-state index contributed by atoms with van der Waals surface area (Å²) < 4.78 is 25.4. The summed E-state index contributed by atoms with van der Waals surface area (Å²) in [6.07, 6.45) is 18.0. The predicted molar refractivity (Wildman–Crippen MR) is 302 cm³/mol. The number of carbonyl (C=O) groups is 4. The number of nitrogens with zero attached hydrogens (tertiary/aromatic N) is 12. The van der Waals surface area contributed by atoms with Gasteiger partial charge in [0.25, 0.3) is 23.4 Å². The Morgan fingerprint density at radius 1 is 0.720 bits per heavy atom. The Labute approximate surface area is 471 Å². The monoisotopic (exact) mass is 1120 g/mol. The van der Waals surface area contributed by atoms with Crippen molar-refractivity contribution in [2.75, 3.05) is 38.3 Å². The average molecular weight is 1120 g/mol. The van der Waals surface area contributed by atoms with E-state index in [0.29, 0.717) is 84.3 Å². The van der Waals surface area contributed by atoms with Crippen molar-refractivity contribution in [1.82, 2.24) is 63.6 Å². The lowest BCUT2D eigenvalue weighted by Crippen LogP contribution is -2.48. The molecule has 2 aliphatic heterocycles. The number of amides is 2. The lowest BCUT2D eigenvalue weighted by molar-refractivity contribution is -0.129. The molecule has 0 radical (unpaired) electrons. The highest BCUT2D eigenvalue weighted by molar-refractivity contribution is 6.45. The number of hydrogen-bond acceptors (Lipinski definition) is 16. The van der Waals surface area contributed by atoms with Crippen LogP contribution >= 0.6 is 0 Å². The fourth-order valence-electron chi connectivity index (χ4n) is 11.2. The van der Waals surface area contributed by atoms with Crippen LogP contribution in [0.25, 0.3) is 27.6 Å². The fraction of sp³-hybridized carbons (Fsp3) is 0.310. The normalized spacial score (nSPS) is 15.5. The predicted octanol–water partition coefficient (Wildman–Crippen LogP) is 5.48. The average Bonchev–Trinajstić information content (AvgIpc) is 3.67. The van der Waals surface area contributed by atoms with Gasteiger partial charge in [-0.15, -0.1) is 0 Å². The number of fused-ring (bicyclic) bond motifs is 2. The number of rotatable bonds is 14. The molecular formula is C58H65FN16O7. The third-order valence-corrected chi connectivity index (χ3v) is 15.2. The molecule has 2 aliphatic rings. The SMILES string of the molecule is CC.COc1cnc(-n2cnc(C)n2)c2[nH]cc(C(=O)C(=O)N3CCC(C(O)(c4ccccc4)c4nccn4C)CC3)c12.Cn1ccnc1C(O)(c1ccccc1)C1CCN(C(=O)C(=O)c2c[nH]c3c(N(N)/C=C\N)ncc(F)c23)CC1. The number of imidazole rings is 2. The molecule has 82 heavy (non-hydrogen) atoms. The molecule has 23 nitrogen and oxygen atoms in total. The van der Waals surface area contributed by atoms with Crippen molar-refractivity contribution in [2.45, 2.75) is 57.7 Å². The number of Topliss-reactive ketones (excluding diaryl/α,β-unsaturated/α-hetero) is 2. The standard InChI is InChI=1S/C29H30N8O4.C27H29FN8O3.C2H6/c1-18-33-17-37(34-18)26-24-23(22(41-3)16-32-26)21(15-31-24)25(38)27(39)36-12-9-20(10-13-36)29(40,19-7-5-4-6-8-19)28-30-11-14-35(28)2;1-34-14-10-31-26(34)27(39,17-5-3-2-4-6-17)18-7-11-35(12-8-18)25(38)23(37)19-15-32-22-21(19)20(28)16-33-24(22)36(30)13-9-29;1-2/h4-8,11,14-17,20,31,40H,9-10,12-13H2,1-3H3;2-6,9-10,13-16,18,32,39H,7-8,11-12,29-30H2,1H3;1-2H3/b;13-9-;. The van der Waals surface area contributed by atoms with E-state index in [1.54, 1.807) is 41.2 Å². The maximum Gasteiger partial charge on any atom is 0.295 e. The van der Waals surface area contributed by atoms with Gasteiger partial charge in [-0.25, -0.2) is 39.8 Å². The first-order chi connectivity index (χ1) is 39.6. The molecule has 2 atom stereocenters. The zero-order valence-corrected chi connectivity index (χ0v) is 46.3. The lowest BCUT2D eigenvalue weighted by atomic mass is 9.75. The van der Waals surface area contributed by atoms with E-state index < -0.39 is 40.4 Å². The van der Waals surface area contributed by atoms with Crippen LogP contribution in [0, 0.1) is 24.6 Å². The van der Waals surface area contributed by atoms with Gasteiger partial charge >= 0.3 is 0 Å². The third kappa shape index (κ3) is 10.5. The van der Waals surface area contributed by atoms with Gasteiger partial charge in [0.15, 0.2) is 28.7 Å². The second-order valence-corrected chi connectivity index (χ2v) is 19.7. The Morgan fingerprint density at radius 2 is 1.21 bits per heavy atom. The van der Waals surface area contributed by atoms with Gasteiger partial charge in [-0.2, -0.15) is 5.10 Å². The van der Waals surface area contributed by atoms with E-state index in [1.807, 2.05) is 93.2 Å². The summed E-state index contributed by atoms with van der Waals surface area (Å²) in [4.78, 5) is 84.0. The van der Waals surface area contributed by atoms with Gasteiger partial charge in [-0.3, -0.25) is 24.2 Å². The number of aliphatic hydroxyl groups is 2. The zero-order valence-electron chi connectivity index (χ0n) is 46.3. The maximum atomic E-state index is 14.8. The summed E-state index contributed by atoms with van der Waals surface area (Å²) in [6.45, 7) is 6.88. The second-order valence-electron chi connectivity index (χ2n) is 19.7. The van der Waals surface area contributed by atoms with Gasteiger partial charge in [0.05, 0.1) is 52.4 Å². The molecule has 7 aromatic heterocycles. The Morgan fingerprint density at radius 3 is 1.65 bits per heavy atom. The molecule has 0 spiro atoms. The molecule has 11 rings (SSSR count). The molecule has 2 unspecified atom stereocenters. The van der Waals surface area contributed by atoms with Crippen molar-refractivity contribution >= 4 is 51.0 Å². The van der Waals surface area contributed by atoms with Crippen LogP contribution in [0.15, 0.2) is 129 Å². The number of aryl methyl sites for hydroxylation is 3. The number of benzene rings is 2. The van der Waals surface area contributed by atoms with Crippen LogP contribution < -0.4 is 21.3 Å². The molecule has 9 aromatic rings. The second kappa shape index (κ2) is 24.1. The number of hydrazine groups is 1. The van der Waals surface area contributed by atoms with Crippen LogP contribution in [0.2, 0.25) is 0 Å². The number of nitrogens with two attached hydrogens (primary N) is 2. The van der Waals surface area contributed by atoms with Crippen molar-refractivity contribution < 1.29 is 38.5 Å². The van der Waals surface area contributed by atoms with Crippen molar-refractivity contribution in [1.29, 1.82) is 0 Å². The summed E-state index contributed by atoms with van der Waals surface area (Å²) in [6, 6.07) is 18.8. The molecule has 8 N–H and O–H groups in total. The van der Waals surface area contributed by atoms with Crippen LogP contribution in [-0.4, -0.2) is 130 Å². The number of hydrogen-bond donors (Lipinski definition) is 6. The quantitative estimate of drug-likeness (QED) is 0.0340. The van der Waals surface area contributed by atoms with E-state index in [0.717, 1.165) is 16.8 Å². The topological polar surface area (TPSA) is 303 Å². The van der Waals surface area contributed by atoms with E-state index in [4.69, 9.17) is 16.3 Å². The summed E-state index contributed by atoms with van der Waals surface area (Å²) in [5.41, 5.74) is 4.86. The number of ketones is 2. The first-order valence-corrected chi connectivity index (χ1v) is 26.8.